The summed E-state index contributed by atoms with van der Waals surface area (Å²) < 4.78 is 16.4. The number of aryl methyl sites for hydroxylation is 1. The van der Waals surface area contributed by atoms with Crippen LogP contribution in [0.5, 0.6) is 0 Å². The van der Waals surface area contributed by atoms with Crippen molar-refractivity contribution in [3.8, 4) is 0 Å². The fourth-order valence-corrected chi connectivity index (χ4v) is 2.43. The maximum absolute atomic E-state index is 11.8. The van der Waals surface area contributed by atoms with Gasteiger partial charge in [0.2, 0.25) is 0 Å². The summed E-state index contributed by atoms with van der Waals surface area (Å²) in [5.41, 5.74) is 1.20. The molecule has 0 aliphatic rings. The summed E-state index contributed by atoms with van der Waals surface area (Å²) in [7, 11) is 1.54. The summed E-state index contributed by atoms with van der Waals surface area (Å²) in [6.45, 7) is 2.17. The van der Waals surface area contributed by atoms with Gasteiger partial charge in [-0.05, 0) is 25.5 Å². The predicted molar refractivity (Wildman–Crippen MR) is 90.1 cm³/mol. The van der Waals surface area contributed by atoms with Crippen molar-refractivity contribution in [2.75, 3.05) is 20.3 Å². The van der Waals surface area contributed by atoms with E-state index in [1.54, 1.807) is 25.1 Å². The van der Waals surface area contributed by atoms with Crippen LogP contribution in [-0.2, 0) is 25.6 Å². The number of para-hydroxylation sites is 2. The minimum absolute atomic E-state index is 0.104. The molecule has 25 heavy (non-hydrogen) atoms. The largest absolute Gasteiger partial charge is 0.456 e. The second-order valence-electron chi connectivity index (χ2n) is 5.68. The molecule has 136 valence electrons. The smallest absolute Gasteiger partial charge is 0.419 e. The molecule has 0 spiro atoms. The summed E-state index contributed by atoms with van der Waals surface area (Å²) >= 11 is 0. The number of rotatable bonds is 9. The molecule has 0 fully saturated rings. The van der Waals surface area contributed by atoms with Crippen LogP contribution in [0.4, 0.5) is 0 Å². The molecule has 2 rings (SSSR count). The number of esters is 1. The fourth-order valence-electron chi connectivity index (χ4n) is 2.43. The first kappa shape index (κ1) is 18.7. The number of fused-ring (bicyclic) bond motifs is 1. The van der Waals surface area contributed by atoms with E-state index in [9.17, 15) is 14.4 Å². The highest BCUT2D eigenvalue weighted by molar-refractivity contribution is 5.80. The zero-order chi connectivity index (χ0) is 18.2. The van der Waals surface area contributed by atoms with Crippen molar-refractivity contribution in [3.05, 3.63) is 34.8 Å². The van der Waals surface area contributed by atoms with Crippen LogP contribution in [-0.4, -0.2) is 42.8 Å². The van der Waals surface area contributed by atoms with Crippen LogP contribution >= 0.6 is 0 Å². The van der Waals surface area contributed by atoms with Gasteiger partial charge in [0.05, 0.1) is 12.1 Å². The van der Waals surface area contributed by atoms with Crippen LogP contribution < -0.4 is 11.1 Å². The Morgan fingerprint density at radius 3 is 2.84 bits per heavy atom. The molecule has 1 aromatic heterocycles. The normalized spacial score (nSPS) is 12.1. The zero-order valence-electron chi connectivity index (χ0n) is 14.3. The van der Waals surface area contributed by atoms with Crippen LogP contribution in [0.1, 0.15) is 19.8 Å². The van der Waals surface area contributed by atoms with Crippen molar-refractivity contribution in [2.45, 2.75) is 32.4 Å². The Kier molecular flexibility index (Phi) is 6.76. The molecule has 1 N–H and O–H groups in total. The van der Waals surface area contributed by atoms with E-state index in [1.165, 1.54) is 11.7 Å². The second kappa shape index (κ2) is 9.03. The standard InChI is InChI=1S/C17H22N2O6/c1-12(10-23-2)18-15(20)11-24-16(21)8-5-9-19-13-6-3-4-7-14(13)25-17(19)22/h3-4,6-7,12H,5,8-11H2,1-2H3,(H,18,20). The number of hydrogen-bond acceptors (Lipinski definition) is 6. The summed E-state index contributed by atoms with van der Waals surface area (Å²) in [5, 5.41) is 2.64. The fraction of sp³-hybridized carbons (Fsp3) is 0.471. The lowest BCUT2D eigenvalue weighted by molar-refractivity contribution is -0.148. The molecular formula is C17H22N2O6. The molecule has 0 aliphatic heterocycles. The molecular weight excluding hydrogens is 328 g/mol. The molecule has 1 atom stereocenters. The van der Waals surface area contributed by atoms with Crippen molar-refractivity contribution in [3.63, 3.8) is 0 Å². The predicted octanol–water partition coefficient (Wildman–Crippen LogP) is 1.07. The zero-order valence-corrected chi connectivity index (χ0v) is 14.3. The van der Waals surface area contributed by atoms with Crippen LogP contribution in [0.2, 0.25) is 0 Å². The number of nitrogens with one attached hydrogen (secondary N) is 1. The lowest BCUT2D eigenvalue weighted by atomic mass is 10.3. The SMILES string of the molecule is COCC(C)NC(=O)COC(=O)CCCn1c(=O)oc2ccccc21. The minimum Gasteiger partial charge on any atom is -0.456 e. The molecule has 1 aromatic carbocycles. The van der Waals surface area contributed by atoms with Crippen molar-refractivity contribution >= 4 is 23.0 Å². The number of benzene rings is 1. The Labute approximate surface area is 144 Å². The number of carbonyl (C=O) groups is 2. The van der Waals surface area contributed by atoms with Gasteiger partial charge in [0.15, 0.2) is 12.2 Å². The molecule has 0 saturated carbocycles. The van der Waals surface area contributed by atoms with Gasteiger partial charge in [-0.2, -0.15) is 0 Å². The molecule has 8 heteroatoms. The highest BCUT2D eigenvalue weighted by Gasteiger charge is 2.12. The van der Waals surface area contributed by atoms with Crippen molar-refractivity contribution in [1.29, 1.82) is 0 Å². The number of aromatic nitrogens is 1. The monoisotopic (exact) mass is 350 g/mol. The maximum atomic E-state index is 11.8. The topological polar surface area (TPSA) is 99.8 Å². The van der Waals surface area contributed by atoms with Gasteiger partial charge in [0.1, 0.15) is 0 Å². The Bertz CT molecular complexity index is 779. The number of methoxy groups -OCH3 is 1. The van der Waals surface area contributed by atoms with Gasteiger partial charge < -0.3 is 19.2 Å². The van der Waals surface area contributed by atoms with E-state index >= 15 is 0 Å². The summed E-state index contributed by atoms with van der Waals surface area (Å²) in [5.74, 6) is -1.33. The Balaban J connectivity index is 1.74. The van der Waals surface area contributed by atoms with Gasteiger partial charge in [0.25, 0.3) is 5.91 Å². The number of amides is 1. The lowest BCUT2D eigenvalue weighted by Crippen LogP contribution is -2.38. The van der Waals surface area contributed by atoms with Gasteiger partial charge >= 0.3 is 11.7 Å². The molecule has 1 heterocycles. The number of carbonyl (C=O) groups excluding carboxylic acids is 2. The number of oxazole rings is 1. The molecule has 1 unspecified atom stereocenters. The van der Waals surface area contributed by atoms with E-state index in [1.807, 2.05) is 6.07 Å². The van der Waals surface area contributed by atoms with Crippen LogP contribution in [0.15, 0.2) is 33.5 Å². The van der Waals surface area contributed by atoms with Gasteiger partial charge in [-0.25, -0.2) is 4.79 Å². The minimum atomic E-state index is -0.490. The van der Waals surface area contributed by atoms with Gasteiger partial charge in [0, 0.05) is 26.1 Å². The van der Waals surface area contributed by atoms with Gasteiger partial charge in [-0.15, -0.1) is 0 Å². The molecule has 0 radical (unpaired) electrons. The Hall–Kier alpha value is -2.61. The first-order chi connectivity index (χ1) is 12.0. The van der Waals surface area contributed by atoms with Crippen molar-refractivity contribution in [1.82, 2.24) is 9.88 Å². The Morgan fingerprint density at radius 2 is 2.08 bits per heavy atom. The van der Waals surface area contributed by atoms with E-state index < -0.39 is 11.7 Å². The molecule has 0 saturated heterocycles. The third-order valence-corrected chi connectivity index (χ3v) is 3.52. The average molecular weight is 350 g/mol. The molecule has 0 bridgehead atoms. The molecule has 2 aromatic rings. The first-order valence-corrected chi connectivity index (χ1v) is 8.03. The van der Waals surface area contributed by atoms with Crippen molar-refractivity contribution < 1.29 is 23.5 Å². The highest BCUT2D eigenvalue weighted by atomic mass is 16.5. The molecule has 1 amide bonds. The average Bonchev–Trinajstić information content (AvgIpc) is 2.89. The van der Waals surface area contributed by atoms with Gasteiger partial charge in [-0.3, -0.25) is 14.2 Å². The lowest BCUT2D eigenvalue weighted by Gasteiger charge is -2.12. The first-order valence-electron chi connectivity index (χ1n) is 8.03. The summed E-state index contributed by atoms with van der Waals surface area (Å²) in [6, 6.07) is 6.93. The third kappa shape index (κ3) is 5.46. The van der Waals surface area contributed by atoms with E-state index in [4.69, 9.17) is 13.9 Å². The van der Waals surface area contributed by atoms with Crippen molar-refractivity contribution in [2.24, 2.45) is 0 Å². The van der Waals surface area contributed by atoms with Crippen LogP contribution in [0.25, 0.3) is 11.1 Å². The molecule has 8 nitrogen and oxygen atoms in total. The van der Waals surface area contributed by atoms with E-state index in [2.05, 4.69) is 5.32 Å². The van der Waals surface area contributed by atoms with Gasteiger partial charge in [-0.1, -0.05) is 12.1 Å². The Morgan fingerprint density at radius 1 is 1.32 bits per heavy atom. The van der Waals surface area contributed by atoms with E-state index in [-0.39, 0.29) is 25.0 Å². The summed E-state index contributed by atoms with van der Waals surface area (Å²) in [6.07, 6.45) is 0.511. The maximum Gasteiger partial charge on any atom is 0.419 e. The van der Waals surface area contributed by atoms with E-state index in [0.29, 0.717) is 30.7 Å². The number of hydrogen-bond donors (Lipinski definition) is 1. The highest BCUT2D eigenvalue weighted by Crippen LogP contribution is 2.12. The number of ether oxygens (including phenoxy) is 2. The third-order valence-electron chi connectivity index (χ3n) is 3.52. The quantitative estimate of drug-likeness (QED) is 0.679. The number of nitrogens with zero attached hydrogens (tertiary/aromatic N) is 1. The van der Waals surface area contributed by atoms with E-state index in [0.717, 1.165) is 0 Å². The molecule has 0 aliphatic carbocycles. The van der Waals surface area contributed by atoms with Crippen LogP contribution in [0, 0.1) is 0 Å². The second-order valence-corrected chi connectivity index (χ2v) is 5.68. The van der Waals surface area contributed by atoms with Crippen LogP contribution in [0.3, 0.4) is 0 Å². The summed E-state index contributed by atoms with van der Waals surface area (Å²) in [4.78, 5) is 35.1.